The molecule has 0 aromatic heterocycles. The predicted molar refractivity (Wildman–Crippen MR) is 63.2 cm³/mol. The van der Waals surface area contributed by atoms with E-state index < -0.39 is 15.9 Å². The Kier molecular flexibility index (Phi) is 4.08. The Morgan fingerprint density at radius 3 is 2.65 bits per heavy atom. The fourth-order valence-electron chi connectivity index (χ4n) is 1.24. The normalized spacial score (nSPS) is 11.2. The van der Waals surface area contributed by atoms with Gasteiger partial charge in [-0.15, -0.1) is 0 Å². The van der Waals surface area contributed by atoms with Gasteiger partial charge in [-0.2, -0.15) is 0 Å². The third-order valence-corrected chi connectivity index (χ3v) is 2.84. The molecule has 1 amide bonds. The molecule has 0 saturated heterocycles. The SMILES string of the molecule is Cc1ccc(C(=O)NCCS(N)(=O)=O)c(O)c1. The van der Waals surface area contributed by atoms with Gasteiger partial charge in [0.2, 0.25) is 10.0 Å². The molecular formula is C10H14N2O4S. The van der Waals surface area contributed by atoms with Gasteiger partial charge in [-0.25, -0.2) is 13.6 Å². The summed E-state index contributed by atoms with van der Waals surface area (Å²) in [7, 11) is -3.60. The van der Waals surface area contributed by atoms with E-state index in [1.54, 1.807) is 13.0 Å². The second kappa shape index (κ2) is 5.15. The van der Waals surface area contributed by atoms with Gasteiger partial charge in [-0.1, -0.05) is 6.07 Å². The van der Waals surface area contributed by atoms with E-state index in [2.05, 4.69) is 5.32 Å². The summed E-state index contributed by atoms with van der Waals surface area (Å²) in [6.07, 6.45) is 0. The Morgan fingerprint density at radius 2 is 2.12 bits per heavy atom. The van der Waals surface area contributed by atoms with Gasteiger partial charge in [-0.05, 0) is 24.6 Å². The van der Waals surface area contributed by atoms with Crippen LogP contribution in [-0.2, 0) is 10.0 Å². The fourth-order valence-corrected chi connectivity index (χ4v) is 1.62. The zero-order chi connectivity index (χ0) is 13.1. The number of benzene rings is 1. The molecule has 0 saturated carbocycles. The summed E-state index contributed by atoms with van der Waals surface area (Å²) in [6.45, 7) is 1.69. The van der Waals surface area contributed by atoms with Crippen molar-refractivity contribution in [2.75, 3.05) is 12.3 Å². The third kappa shape index (κ3) is 4.41. The summed E-state index contributed by atoms with van der Waals surface area (Å²) < 4.78 is 21.3. The molecule has 0 atom stereocenters. The number of phenols is 1. The summed E-state index contributed by atoms with van der Waals surface area (Å²) in [5, 5.41) is 16.7. The largest absolute Gasteiger partial charge is 0.507 e. The summed E-state index contributed by atoms with van der Waals surface area (Å²) in [5.41, 5.74) is 0.925. The van der Waals surface area contributed by atoms with Crippen molar-refractivity contribution in [3.05, 3.63) is 29.3 Å². The van der Waals surface area contributed by atoms with Gasteiger partial charge in [0.1, 0.15) is 5.75 Å². The number of sulfonamides is 1. The van der Waals surface area contributed by atoms with Crippen molar-refractivity contribution in [3.63, 3.8) is 0 Å². The number of aryl methyl sites for hydroxylation is 1. The molecule has 0 spiro atoms. The molecule has 94 valence electrons. The molecule has 0 bridgehead atoms. The summed E-state index contributed by atoms with van der Waals surface area (Å²) >= 11 is 0. The molecule has 6 nitrogen and oxygen atoms in total. The molecule has 1 rings (SSSR count). The minimum atomic E-state index is -3.60. The standard InChI is InChI=1S/C10H14N2O4S/c1-7-2-3-8(9(13)6-7)10(14)12-4-5-17(11,15)16/h2-3,6,13H,4-5H2,1H3,(H,12,14)(H2,11,15,16). The minimum Gasteiger partial charge on any atom is -0.507 e. The zero-order valence-electron chi connectivity index (χ0n) is 9.30. The number of amides is 1. The number of carbonyl (C=O) groups excluding carboxylic acids is 1. The molecule has 0 unspecified atom stereocenters. The summed E-state index contributed by atoms with van der Waals surface area (Å²) in [6, 6.07) is 4.60. The monoisotopic (exact) mass is 258 g/mol. The van der Waals surface area contributed by atoms with Crippen LogP contribution in [0.15, 0.2) is 18.2 Å². The molecule has 0 aliphatic rings. The first kappa shape index (κ1) is 13.5. The first-order valence-electron chi connectivity index (χ1n) is 4.88. The molecular weight excluding hydrogens is 244 g/mol. The molecule has 17 heavy (non-hydrogen) atoms. The maximum absolute atomic E-state index is 11.6. The van der Waals surface area contributed by atoms with Crippen LogP contribution in [0.1, 0.15) is 15.9 Å². The van der Waals surface area contributed by atoms with Crippen molar-refractivity contribution in [2.45, 2.75) is 6.92 Å². The van der Waals surface area contributed by atoms with E-state index in [-0.39, 0.29) is 23.6 Å². The highest BCUT2D eigenvalue weighted by molar-refractivity contribution is 7.89. The van der Waals surface area contributed by atoms with E-state index in [9.17, 15) is 18.3 Å². The zero-order valence-corrected chi connectivity index (χ0v) is 10.1. The average Bonchev–Trinajstić information content (AvgIpc) is 2.15. The van der Waals surface area contributed by atoms with Gasteiger partial charge in [0.15, 0.2) is 0 Å². The smallest absolute Gasteiger partial charge is 0.255 e. The first-order valence-corrected chi connectivity index (χ1v) is 6.59. The summed E-state index contributed by atoms with van der Waals surface area (Å²) in [5.74, 6) is -1.02. The first-order chi connectivity index (χ1) is 7.79. The molecule has 1 aromatic rings. The molecule has 0 heterocycles. The van der Waals surface area contributed by atoms with Crippen LogP contribution in [0, 0.1) is 6.92 Å². The number of nitrogens with one attached hydrogen (secondary N) is 1. The quantitative estimate of drug-likeness (QED) is 0.689. The topological polar surface area (TPSA) is 109 Å². The van der Waals surface area contributed by atoms with E-state index >= 15 is 0 Å². The van der Waals surface area contributed by atoms with Crippen LogP contribution in [0.25, 0.3) is 0 Å². The fraction of sp³-hybridized carbons (Fsp3) is 0.300. The third-order valence-electron chi connectivity index (χ3n) is 2.07. The van der Waals surface area contributed by atoms with Crippen molar-refractivity contribution in [1.82, 2.24) is 5.32 Å². The predicted octanol–water partition coefficient (Wildman–Crippen LogP) is -0.281. The maximum atomic E-state index is 11.6. The van der Waals surface area contributed by atoms with Crippen molar-refractivity contribution in [2.24, 2.45) is 5.14 Å². The van der Waals surface area contributed by atoms with E-state index in [1.165, 1.54) is 12.1 Å². The Bertz CT molecular complexity index is 525. The number of hydrogen-bond donors (Lipinski definition) is 3. The van der Waals surface area contributed by atoms with Crippen LogP contribution in [0.5, 0.6) is 5.75 Å². The molecule has 0 fully saturated rings. The Balaban J connectivity index is 2.65. The second-order valence-electron chi connectivity index (χ2n) is 3.64. The van der Waals surface area contributed by atoms with Crippen LogP contribution in [0.3, 0.4) is 0 Å². The van der Waals surface area contributed by atoms with E-state index in [0.29, 0.717) is 0 Å². The number of phenolic OH excluding ortho intramolecular Hbond substituents is 1. The molecule has 4 N–H and O–H groups in total. The lowest BCUT2D eigenvalue weighted by Gasteiger charge is -2.06. The van der Waals surface area contributed by atoms with Crippen molar-refractivity contribution < 1.29 is 18.3 Å². The molecule has 0 radical (unpaired) electrons. The molecule has 0 aliphatic carbocycles. The average molecular weight is 258 g/mol. The highest BCUT2D eigenvalue weighted by Crippen LogP contribution is 2.17. The van der Waals surface area contributed by atoms with Crippen LogP contribution in [0.4, 0.5) is 0 Å². The van der Waals surface area contributed by atoms with E-state index in [0.717, 1.165) is 5.56 Å². The molecule has 7 heteroatoms. The van der Waals surface area contributed by atoms with Gasteiger partial charge >= 0.3 is 0 Å². The van der Waals surface area contributed by atoms with Crippen molar-refractivity contribution in [3.8, 4) is 5.75 Å². The summed E-state index contributed by atoms with van der Waals surface area (Å²) in [4.78, 5) is 11.6. The highest BCUT2D eigenvalue weighted by atomic mass is 32.2. The van der Waals surface area contributed by atoms with Crippen LogP contribution >= 0.6 is 0 Å². The molecule has 1 aromatic carbocycles. The van der Waals surface area contributed by atoms with Gasteiger partial charge in [0.05, 0.1) is 11.3 Å². The van der Waals surface area contributed by atoms with Crippen LogP contribution < -0.4 is 10.5 Å². The van der Waals surface area contributed by atoms with Crippen LogP contribution in [-0.4, -0.2) is 31.7 Å². The Morgan fingerprint density at radius 1 is 1.47 bits per heavy atom. The molecule has 0 aliphatic heterocycles. The maximum Gasteiger partial charge on any atom is 0.255 e. The number of aromatic hydroxyl groups is 1. The van der Waals surface area contributed by atoms with Gasteiger partial charge < -0.3 is 10.4 Å². The number of primary sulfonamides is 1. The lowest BCUT2D eigenvalue weighted by molar-refractivity contribution is 0.0953. The van der Waals surface area contributed by atoms with Crippen molar-refractivity contribution >= 4 is 15.9 Å². The lowest BCUT2D eigenvalue weighted by atomic mass is 10.1. The number of hydrogen-bond acceptors (Lipinski definition) is 4. The van der Waals surface area contributed by atoms with Crippen LogP contribution in [0.2, 0.25) is 0 Å². The van der Waals surface area contributed by atoms with Gasteiger partial charge in [0, 0.05) is 6.54 Å². The second-order valence-corrected chi connectivity index (χ2v) is 5.38. The number of rotatable bonds is 4. The lowest BCUT2D eigenvalue weighted by Crippen LogP contribution is -2.31. The van der Waals surface area contributed by atoms with Gasteiger partial charge in [-0.3, -0.25) is 4.79 Å². The number of carbonyl (C=O) groups is 1. The highest BCUT2D eigenvalue weighted by Gasteiger charge is 2.11. The Hall–Kier alpha value is -1.60. The Labute approximate surface area is 99.5 Å². The van der Waals surface area contributed by atoms with Gasteiger partial charge in [0.25, 0.3) is 5.91 Å². The van der Waals surface area contributed by atoms with E-state index in [1.807, 2.05) is 0 Å². The van der Waals surface area contributed by atoms with Crippen molar-refractivity contribution in [1.29, 1.82) is 0 Å². The number of nitrogens with two attached hydrogens (primary N) is 1. The van der Waals surface area contributed by atoms with E-state index in [4.69, 9.17) is 5.14 Å². The minimum absolute atomic E-state index is 0.0923.